The van der Waals surface area contributed by atoms with E-state index in [9.17, 15) is 9.59 Å². The van der Waals surface area contributed by atoms with E-state index in [1.807, 2.05) is 0 Å². The number of anilines is 1. The van der Waals surface area contributed by atoms with E-state index in [1.54, 1.807) is 31.2 Å². The summed E-state index contributed by atoms with van der Waals surface area (Å²) in [5, 5.41) is 12.1. The zero-order valence-corrected chi connectivity index (χ0v) is 18.9. The quantitative estimate of drug-likeness (QED) is 0.429. The number of aromatic nitrogens is 4. The summed E-state index contributed by atoms with van der Waals surface area (Å²) in [6.07, 6.45) is 0. The van der Waals surface area contributed by atoms with Gasteiger partial charge in [-0.15, -0.1) is 5.10 Å². The standard InChI is InChI=1S/C17H11Br2Cl2N5O2/c1-2-25-23-17(22-24-25)26(15(27)11-7-9(18)3-5-13(11)20)16(28)12-8-10(19)4-6-14(12)21/h3-8H,2H2,1H3. The highest BCUT2D eigenvalue weighted by molar-refractivity contribution is 9.10. The Morgan fingerprint density at radius 2 is 1.50 bits per heavy atom. The average molecular weight is 548 g/mol. The van der Waals surface area contributed by atoms with Crippen molar-refractivity contribution < 1.29 is 9.59 Å². The molecule has 144 valence electrons. The second-order valence-electron chi connectivity index (χ2n) is 5.47. The summed E-state index contributed by atoms with van der Waals surface area (Å²) in [5.41, 5.74) is 0.201. The maximum atomic E-state index is 13.3. The Labute approximate surface area is 186 Å². The minimum absolute atomic E-state index is 0.100. The van der Waals surface area contributed by atoms with Crippen molar-refractivity contribution in [1.29, 1.82) is 0 Å². The van der Waals surface area contributed by atoms with Crippen LogP contribution in [0.15, 0.2) is 45.3 Å². The van der Waals surface area contributed by atoms with Crippen LogP contribution in [0.1, 0.15) is 27.6 Å². The van der Waals surface area contributed by atoms with E-state index in [0.717, 1.165) is 4.90 Å². The topological polar surface area (TPSA) is 81.0 Å². The van der Waals surface area contributed by atoms with Crippen LogP contribution in [0, 0.1) is 0 Å². The van der Waals surface area contributed by atoms with Gasteiger partial charge < -0.3 is 0 Å². The van der Waals surface area contributed by atoms with Crippen LogP contribution in [0.5, 0.6) is 0 Å². The Bertz CT molecular complexity index is 1010. The largest absolute Gasteiger partial charge is 0.280 e. The van der Waals surface area contributed by atoms with E-state index >= 15 is 0 Å². The maximum Gasteiger partial charge on any atom is 0.280 e. The van der Waals surface area contributed by atoms with Gasteiger partial charge in [0.05, 0.1) is 27.7 Å². The molecule has 0 N–H and O–H groups in total. The minimum atomic E-state index is -0.706. The van der Waals surface area contributed by atoms with Gasteiger partial charge in [-0.1, -0.05) is 60.2 Å². The highest BCUT2D eigenvalue weighted by Gasteiger charge is 2.32. The van der Waals surface area contributed by atoms with E-state index in [2.05, 4.69) is 47.3 Å². The number of nitrogens with zero attached hydrogens (tertiary/aromatic N) is 5. The summed E-state index contributed by atoms with van der Waals surface area (Å²) in [6.45, 7) is 2.22. The predicted molar refractivity (Wildman–Crippen MR) is 113 cm³/mol. The molecule has 7 nitrogen and oxygen atoms in total. The molecule has 0 saturated heterocycles. The summed E-state index contributed by atoms with van der Waals surface area (Å²) >= 11 is 19.0. The lowest BCUT2D eigenvalue weighted by Crippen LogP contribution is -2.38. The van der Waals surface area contributed by atoms with Crippen LogP contribution in [0.4, 0.5) is 5.95 Å². The Morgan fingerprint density at radius 3 is 1.93 bits per heavy atom. The number of aryl methyl sites for hydroxylation is 1. The number of amides is 2. The van der Waals surface area contributed by atoms with Gasteiger partial charge in [0.1, 0.15) is 0 Å². The van der Waals surface area contributed by atoms with Crippen molar-refractivity contribution in [3.05, 3.63) is 66.5 Å². The molecule has 0 atom stereocenters. The smallest absolute Gasteiger partial charge is 0.268 e. The normalized spacial score (nSPS) is 10.8. The van der Waals surface area contributed by atoms with Crippen molar-refractivity contribution in [3.8, 4) is 0 Å². The maximum absolute atomic E-state index is 13.3. The van der Waals surface area contributed by atoms with E-state index in [-0.39, 0.29) is 27.1 Å². The van der Waals surface area contributed by atoms with E-state index in [0.29, 0.717) is 15.5 Å². The number of imide groups is 1. The molecule has 0 radical (unpaired) electrons. The molecule has 2 amide bonds. The zero-order valence-electron chi connectivity index (χ0n) is 14.2. The molecule has 0 aliphatic heterocycles. The molecule has 1 heterocycles. The number of carbonyl (C=O) groups is 2. The van der Waals surface area contributed by atoms with Crippen LogP contribution in [0.2, 0.25) is 10.0 Å². The summed E-state index contributed by atoms with van der Waals surface area (Å²) < 4.78 is 1.25. The molecule has 0 bridgehead atoms. The summed E-state index contributed by atoms with van der Waals surface area (Å²) in [5.74, 6) is -1.59. The van der Waals surface area contributed by atoms with Crippen LogP contribution >= 0.6 is 55.1 Å². The van der Waals surface area contributed by atoms with Crippen molar-refractivity contribution in [2.45, 2.75) is 13.5 Å². The van der Waals surface area contributed by atoms with Crippen LogP contribution in [0.25, 0.3) is 0 Å². The highest BCUT2D eigenvalue weighted by atomic mass is 79.9. The predicted octanol–water partition coefficient (Wildman–Crippen LogP) is 5.01. The molecule has 11 heteroatoms. The monoisotopic (exact) mass is 545 g/mol. The molecule has 0 saturated carbocycles. The third-order valence-corrected chi connectivity index (χ3v) is 5.29. The van der Waals surface area contributed by atoms with Crippen molar-refractivity contribution in [1.82, 2.24) is 20.2 Å². The number of rotatable bonds is 4. The minimum Gasteiger partial charge on any atom is -0.268 e. The molecule has 1 aromatic heterocycles. The Hall–Kier alpha value is -1.81. The molecular formula is C17H11Br2Cl2N5O2. The third kappa shape index (κ3) is 4.27. The number of carbonyl (C=O) groups excluding carboxylic acids is 2. The van der Waals surface area contributed by atoms with Gasteiger partial charge in [0.2, 0.25) is 0 Å². The molecule has 2 aromatic carbocycles. The first-order valence-corrected chi connectivity index (χ1v) is 10.2. The molecule has 0 spiro atoms. The fourth-order valence-corrected chi connectivity index (χ4v) is 3.41. The van der Waals surface area contributed by atoms with Gasteiger partial charge >= 0.3 is 0 Å². The number of tetrazole rings is 1. The first-order chi connectivity index (χ1) is 13.3. The fraction of sp³-hybridized carbons (Fsp3) is 0.118. The molecule has 0 unspecified atom stereocenters. The van der Waals surface area contributed by atoms with Gasteiger partial charge in [-0.05, 0) is 48.5 Å². The lowest BCUT2D eigenvalue weighted by Gasteiger charge is -2.18. The van der Waals surface area contributed by atoms with E-state index in [4.69, 9.17) is 23.2 Å². The lowest BCUT2D eigenvalue weighted by molar-refractivity contribution is 0.0895. The molecular weight excluding hydrogens is 537 g/mol. The van der Waals surface area contributed by atoms with Gasteiger partial charge in [-0.25, -0.2) is 4.90 Å². The van der Waals surface area contributed by atoms with E-state index in [1.165, 1.54) is 16.9 Å². The summed E-state index contributed by atoms with van der Waals surface area (Å²) in [6, 6.07) is 9.48. The van der Waals surface area contributed by atoms with Crippen LogP contribution < -0.4 is 4.90 Å². The molecule has 28 heavy (non-hydrogen) atoms. The number of hydrogen-bond donors (Lipinski definition) is 0. The third-order valence-electron chi connectivity index (χ3n) is 3.65. The SMILES string of the molecule is CCn1nnc(N(C(=O)c2cc(Br)ccc2Cl)C(=O)c2cc(Br)ccc2Cl)n1. The van der Waals surface area contributed by atoms with Gasteiger partial charge in [0.25, 0.3) is 17.8 Å². The van der Waals surface area contributed by atoms with Gasteiger partial charge in [0.15, 0.2) is 0 Å². The van der Waals surface area contributed by atoms with Crippen molar-refractivity contribution >= 4 is 72.8 Å². The van der Waals surface area contributed by atoms with Gasteiger partial charge in [0, 0.05) is 8.95 Å². The Balaban J connectivity index is 2.14. The van der Waals surface area contributed by atoms with Crippen molar-refractivity contribution in [3.63, 3.8) is 0 Å². The first kappa shape index (κ1) is 20.9. The number of halogens is 4. The van der Waals surface area contributed by atoms with Crippen molar-refractivity contribution in [2.75, 3.05) is 4.90 Å². The molecule has 3 aromatic rings. The molecule has 0 aliphatic carbocycles. The first-order valence-electron chi connectivity index (χ1n) is 7.88. The highest BCUT2D eigenvalue weighted by Crippen LogP contribution is 2.27. The average Bonchev–Trinajstić information content (AvgIpc) is 3.14. The lowest BCUT2D eigenvalue weighted by atomic mass is 10.1. The van der Waals surface area contributed by atoms with Crippen LogP contribution in [-0.4, -0.2) is 32.0 Å². The Morgan fingerprint density at radius 1 is 1.00 bits per heavy atom. The van der Waals surface area contributed by atoms with Gasteiger partial charge in [-0.2, -0.15) is 4.80 Å². The summed E-state index contributed by atoms with van der Waals surface area (Å²) in [4.78, 5) is 28.6. The fourth-order valence-electron chi connectivity index (χ4n) is 2.30. The number of hydrogen-bond acceptors (Lipinski definition) is 5. The van der Waals surface area contributed by atoms with E-state index < -0.39 is 11.8 Å². The van der Waals surface area contributed by atoms with Crippen molar-refractivity contribution in [2.24, 2.45) is 0 Å². The molecule has 0 fully saturated rings. The molecule has 3 rings (SSSR count). The number of benzene rings is 2. The van der Waals surface area contributed by atoms with Crippen LogP contribution in [-0.2, 0) is 6.54 Å². The Kier molecular flexibility index (Phi) is 6.49. The second kappa shape index (κ2) is 8.69. The zero-order chi connectivity index (χ0) is 20.4. The van der Waals surface area contributed by atoms with Crippen LogP contribution in [0.3, 0.4) is 0 Å². The van der Waals surface area contributed by atoms with Gasteiger partial charge in [-0.3, -0.25) is 9.59 Å². The second-order valence-corrected chi connectivity index (χ2v) is 8.12. The molecule has 0 aliphatic rings. The summed E-state index contributed by atoms with van der Waals surface area (Å²) in [7, 11) is 0.